The van der Waals surface area contributed by atoms with Crippen LogP contribution < -0.4 is 5.73 Å². The molecule has 3 nitrogen and oxygen atoms in total. The highest BCUT2D eigenvalue weighted by atomic mass is 35.5. The van der Waals surface area contributed by atoms with Gasteiger partial charge in [-0.25, -0.2) is 0 Å². The predicted octanol–water partition coefficient (Wildman–Crippen LogP) is 1.94. The zero-order chi connectivity index (χ0) is 12.3. The van der Waals surface area contributed by atoms with Crippen LogP contribution in [0.2, 0.25) is 0 Å². The Morgan fingerprint density at radius 3 is 2.39 bits per heavy atom. The maximum absolute atomic E-state index is 11.0. The Labute approximate surface area is 112 Å². The fraction of sp³-hybridized carbons (Fsp3) is 0.214. The van der Waals surface area contributed by atoms with Crippen molar-refractivity contribution in [2.24, 2.45) is 5.73 Å². The quantitative estimate of drug-likeness (QED) is 0.831. The Morgan fingerprint density at radius 1 is 1.22 bits per heavy atom. The lowest BCUT2D eigenvalue weighted by Gasteiger charge is -2.11. The Bertz CT molecular complexity index is 542. The number of hydrogen-bond donors (Lipinski definition) is 2. The van der Waals surface area contributed by atoms with Gasteiger partial charge in [-0.15, -0.1) is 12.4 Å². The minimum absolute atomic E-state index is 0. The van der Waals surface area contributed by atoms with E-state index in [4.69, 9.17) is 10.8 Å². The molecule has 0 heterocycles. The SMILES string of the molecule is Cl.NC(CO)Cc1cc2ccccc2cc1C=O. The highest BCUT2D eigenvalue weighted by Crippen LogP contribution is 2.20. The highest BCUT2D eigenvalue weighted by molar-refractivity contribution is 5.90. The summed E-state index contributed by atoms with van der Waals surface area (Å²) in [7, 11) is 0. The Kier molecular flexibility index (Phi) is 5.28. The highest BCUT2D eigenvalue weighted by Gasteiger charge is 2.08. The monoisotopic (exact) mass is 265 g/mol. The number of aliphatic hydroxyl groups is 1. The number of benzene rings is 2. The standard InChI is InChI=1S/C14H15NO2.ClH/c15-14(9-17)7-12-5-10-3-1-2-4-11(10)6-13(12)8-16;/h1-6,8,14,17H,7,9,15H2;1H. The Balaban J connectivity index is 0.00000162. The van der Waals surface area contributed by atoms with Crippen molar-refractivity contribution in [3.63, 3.8) is 0 Å². The van der Waals surface area contributed by atoms with Crippen LogP contribution in [0.15, 0.2) is 36.4 Å². The number of aliphatic hydroxyl groups excluding tert-OH is 1. The largest absolute Gasteiger partial charge is 0.395 e. The van der Waals surface area contributed by atoms with Gasteiger partial charge in [-0.2, -0.15) is 0 Å². The van der Waals surface area contributed by atoms with Gasteiger partial charge in [0.05, 0.1) is 6.61 Å². The number of aldehydes is 1. The van der Waals surface area contributed by atoms with Gasteiger partial charge in [-0.1, -0.05) is 30.3 Å². The molecule has 0 radical (unpaired) electrons. The molecule has 0 aliphatic heterocycles. The topological polar surface area (TPSA) is 63.3 Å². The lowest BCUT2D eigenvalue weighted by Crippen LogP contribution is -2.27. The molecule has 0 fully saturated rings. The summed E-state index contributed by atoms with van der Waals surface area (Å²) >= 11 is 0. The number of fused-ring (bicyclic) bond motifs is 1. The lowest BCUT2D eigenvalue weighted by molar-refractivity contribution is 0.112. The summed E-state index contributed by atoms with van der Waals surface area (Å²) in [5.74, 6) is 0. The van der Waals surface area contributed by atoms with Gasteiger partial charge in [0.1, 0.15) is 6.29 Å². The van der Waals surface area contributed by atoms with Crippen molar-refractivity contribution in [2.75, 3.05) is 6.61 Å². The zero-order valence-electron chi connectivity index (χ0n) is 9.87. The third-order valence-corrected chi connectivity index (χ3v) is 2.85. The Hall–Kier alpha value is -1.42. The molecule has 4 heteroatoms. The van der Waals surface area contributed by atoms with Crippen LogP contribution in [0.1, 0.15) is 15.9 Å². The van der Waals surface area contributed by atoms with Gasteiger partial charge in [-0.3, -0.25) is 4.79 Å². The van der Waals surface area contributed by atoms with E-state index in [0.717, 1.165) is 22.6 Å². The van der Waals surface area contributed by atoms with Crippen LogP contribution in [-0.2, 0) is 6.42 Å². The first kappa shape index (κ1) is 14.6. The number of halogens is 1. The van der Waals surface area contributed by atoms with Crippen LogP contribution in [0.3, 0.4) is 0 Å². The number of rotatable bonds is 4. The van der Waals surface area contributed by atoms with E-state index < -0.39 is 0 Å². The molecule has 3 N–H and O–H groups in total. The second-order valence-electron chi connectivity index (χ2n) is 4.16. The number of nitrogens with two attached hydrogens (primary N) is 1. The smallest absolute Gasteiger partial charge is 0.150 e. The van der Waals surface area contributed by atoms with Crippen LogP contribution in [-0.4, -0.2) is 24.0 Å². The molecule has 0 aliphatic carbocycles. The van der Waals surface area contributed by atoms with E-state index in [1.807, 2.05) is 36.4 Å². The van der Waals surface area contributed by atoms with E-state index in [2.05, 4.69) is 0 Å². The molecule has 0 saturated carbocycles. The summed E-state index contributed by atoms with van der Waals surface area (Å²) in [6.07, 6.45) is 1.35. The third kappa shape index (κ3) is 3.07. The molecule has 0 aromatic heterocycles. The van der Waals surface area contributed by atoms with Gasteiger partial charge < -0.3 is 10.8 Å². The molecule has 0 aliphatic rings. The molecule has 0 amide bonds. The van der Waals surface area contributed by atoms with E-state index in [-0.39, 0.29) is 25.1 Å². The van der Waals surface area contributed by atoms with Crippen molar-refractivity contribution in [3.05, 3.63) is 47.5 Å². The van der Waals surface area contributed by atoms with E-state index in [1.54, 1.807) is 0 Å². The Morgan fingerprint density at radius 2 is 1.83 bits per heavy atom. The predicted molar refractivity (Wildman–Crippen MR) is 75.3 cm³/mol. The average Bonchev–Trinajstić information content (AvgIpc) is 2.37. The van der Waals surface area contributed by atoms with Gasteiger partial charge in [-0.05, 0) is 28.8 Å². The molecule has 1 unspecified atom stereocenters. The third-order valence-electron chi connectivity index (χ3n) is 2.85. The van der Waals surface area contributed by atoms with Crippen LogP contribution in [0.4, 0.5) is 0 Å². The van der Waals surface area contributed by atoms with Crippen LogP contribution in [0.5, 0.6) is 0 Å². The number of carbonyl (C=O) groups is 1. The summed E-state index contributed by atoms with van der Waals surface area (Å²) in [5.41, 5.74) is 7.24. The summed E-state index contributed by atoms with van der Waals surface area (Å²) in [5, 5.41) is 11.1. The maximum atomic E-state index is 11.0. The first-order valence-corrected chi connectivity index (χ1v) is 5.58. The fourth-order valence-electron chi connectivity index (χ4n) is 1.94. The van der Waals surface area contributed by atoms with Gasteiger partial charge in [0.2, 0.25) is 0 Å². The molecular formula is C14H16ClNO2. The first-order chi connectivity index (χ1) is 8.24. The minimum atomic E-state index is -0.324. The zero-order valence-corrected chi connectivity index (χ0v) is 10.7. The van der Waals surface area contributed by atoms with Crippen LogP contribution in [0.25, 0.3) is 10.8 Å². The summed E-state index contributed by atoms with van der Waals surface area (Å²) in [4.78, 5) is 11.0. The van der Waals surface area contributed by atoms with E-state index >= 15 is 0 Å². The van der Waals surface area contributed by atoms with E-state index in [0.29, 0.717) is 12.0 Å². The first-order valence-electron chi connectivity index (χ1n) is 5.58. The molecule has 2 aromatic carbocycles. The summed E-state index contributed by atoms with van der Waals surface area (Å²) in [6, 6.07) is 11.4. The van der Waals surface area contributed by atoms with Crippen LogP contribution >= 0.6 is 12.4 Å². The normalized spacial score (nSPS) is 11.9. The van der Waals surface area contributed by atoms with Gasteiger partial charge in [0, 0.05) is 11.6 Å². The van der Waals surface area contributed by atoms with Gasteiger partial charge in [0.25, 0.3) is 0 Å². The van der Waals surface area contributed by atoms with Gasteiger partial charge >= 0.3 is 0 Å². The van der Waals surface area contributed by atoms with Crippen molar-refractivity contribution < 1.29 is 9.90 Å². The molecular weight excluding hydrogens is 250 g/mol. The van der Waals surface area contributed by atoms with Crippen molar-refractivity contribution >= 4 is 29.5 Å². The van der Waals surface area contributed by atoms with Crippen molar-refractivity contribution in [3.8, 4) is 0 Å². The molecule has 18 heavy (non-hydrogen) atoms. The van der Waals surface area contributed by atoms with Crippen molar-refractivity contribution in [2.45, 2.75) is 12.5 Å². The second-order valence-corrected chi connectivity index (χ2v) is 4.16. The van der Waals surface area contributed by atoms with E-state index in [1.165, 1.54) is 0 Å². The second kappa shape index (κ2) is 6.50. The number of carbonyl (C=O) groups excluding carboxylic acids is 1. The van der Waals surface area contributed by atoms with Crippen molar-refractivity contribution in [1.82, 2.24) is 0 Å². The molecule has 96 valence electrons. The molecule has 0 bridgehead atoms. The molecule has 2 rings (SSSR count). The average molecular weight is 266 g/mol. The molecule has 1 atom stereocenters. The summed E-state index contributed by atoms with van der Waals surface area (Å²) in [6.45, 7) is -0.0783. The molecule has 2 aromatic rings. The minimum Gasteiger partial charge on any atom is -0.395 e. The van der Waals surface area contributed by atoms with E-state index in [9.17, 15) is 4.79 Å². The molecule has 0 saturated heterocycles. The fourth-order valence-corrected chi connectivity index (χ4v) is 1.94. The van der Waals surface area contributed by atoms with Gasteiger partial charge in [0.15, 0.2) is 0 Å². The maximum Gasteiger partial charge on any atom is 0.150 e. The summed E-state index contributed by atoms with van der Waals surface area (Å²) < 4.78 is 0. The molecule has 0 spiro atoms. The van der Waals surface area contributed by atoms with Crippen LogP contribution in [0, 0.1) is 0 Å². The number of hydrogen-bond acceptors (Lipinski definition) is 3. The lowest BCUT2D eigenvalue weighted by atomic mass is 9.97. The van der Waals surface area contributed by atoms with Crippen molar-refractivity contribution in [1.29, 1.82) is 0 Å².